The number of amides is 1. The normalized spacial score (nSPS) is 21.6. The highest BCUT2D eigenvalue weighted by atomic mass is 127. The number of rotatable bonds is 6. The first-order valence-electron chi connectivity index (χ1n) is 10.0. The summed E-state index contributed by atoms with van der Waals surface area (Å²) in [6, 6.07) is 4.86. The number of nitrogens with zero attached hydrogens (tertiary/aromatic N) is 3. The second kappa shape index (κ2) is 11.3. The molecule has 1 aliphatic heterocycles. The number of nitrogens with one attached hydrogen (secondary N) is 2. The van der Waals surface area contributed by atoms with Gasteiger partial charge in [-0.15, -0.1) is 35.3 Å². The van der Waals surface area contributed by atoms with Gasteiger partial charge in [-0.05, 0) is 44.8 Å². The predicted molar refractivity (Wildman–Crippen MR) is 128 cm³/mol. The van der Waals surface area contributed by atoms with E-state index in [9.17, 15) is 4.79 Å². The predicted octanol–water partition coefficient (Wildman–Crippen LogP) is 2.92. The second-order valence-corrected chi connectivity index (χ2v) is 8.82. The van der Waals surface area contributed by atoms with E-state index in [1.54, 1.807) is 11.3 Å². The maximum Gasteiger partial charge on any atom is 0.225 e. The van der Waals surface area contributed by atoms with Gasteiger partial charge in [0.15, 0.2) is 5.96 Å². The number of carbonyl (C=O) groups excluding carboxylic acids is 1. The fourth-order valence-electron chi connectivity index (χ4n) is 4.11. The Kier molecular flexibility index (Phi) is 9.49. The molecule has 2 heterocycles. The summed E-state index contributed by atoms with van der Waals surface area (Å²) in [6.45, 7) is 2.45. The van der Waals surface area contributed by atoms with Crippen LogP contribution in [0.2, 0.25) is 0 Å². The number of halogens is 1. The molecular formula is C20H34IN5OS. The van der Waals surface area contributed by atoms with Crippen molar-refractivity contribution in [2.45, 2.75) is 44.2 Å². The van der Waals surface area contributed by atoms with Crippen molar-refractivity contribution in [2.24, 2.45) is 10.9 Å². The number of guanidine groups is 1. The van der Waals surface area contributed by atoms with Crippen LogP contribution < -0.4 is 10.6 Å². The molecule has 8 heteroatoms. The van der Waals surface area contributed by atoms with E-state index in [0.29, 0.717) is 11.9 Å². The van der Waals surface area contributed by atoms with E-state index in [2.05, 4.69) is 57.0 Å². The third-order valence-corrected chi connectivity index (χ3v) is 6.70. The largest absolute Gasteiger partial charge is 0.354 e. The summed E-state index contributed by atoms with van der Waals surface area (Å²) in [5, 5.41) is 9.09. The average Bonchev–Trinajstić information content (AvgIpc) is 3.41. The molecule has 0 radical (unpaired) electrons. The summed E-state index contributed by atoms with van der Waals surface area (Å²) in [5.41, 5.74) is 0. The molecule has 1 saturated heterocycles. The Labute approximate surface area is 190 Å². The van der Waals surface area contributed by atoms with Gasteiger partial charge in [-0.3, -0.25) is 9.79 Å². The topological polar surface area (TPSA) is 60.0 Å². The summed E-state index contributed by atoms with van der Waals surface area (Å²) < 4.78 is 0. The molecular weight excluding hydrogens is 485 g/mol. The van der Waals surface area contributed by atoms with Crippen molar-refractivity contribution in [3.05, 3.63) is 22.4 Å². The Morgan fingerprint density at radius 3 is 2.71 bits per heavy atom. The van der Waals surface area contributed by atoms with E-state index in [-0.39, 0.29) is 35.9 Å². The standard InChI is InChI=1S/C20H33N5OS.HI/c1-21-20(22-13-17(24(2)3)18-9-6-12-27-18)23-16-10-11-25(14-16)19(26)15-7-4-5-8-15;/h6,9,12,15-17H,4-5,7-8,10-11,13-14H2,1-3H3,(H2,21,22,23);1H. The van der Waals surface area contributed by atoms with Crippen LogP contribution in [0.5, 0.6) is 0 Å². The first-order chi connectivity index (χ1) is 13.1. The monoisotopic (exact) mass is 519 g/mol. The van der Waals surface area contributed by atoms with Crippen molar-refractivity contribution in [3.63, 3.8) is 0 Å². The van der Waals surface area contributed by atoms with Crippen LogP contribution in [0.4, 0.5) is 0 Å². The van der Waals surface area contributed by atoms with E-state index in [0.717, 1.165) is 44.9 Å². The van der Waals surface area contributed by atoms with Gasteiger partial charge >= 0.3 is 0 Å². The van der Waals surface area contributed by atoms with E-state index >= 15 is 0 Å². The number of likely N-dealkylation sites (tertiary alicyclic amines) is 1. The van der Waals surface area contributed by atoms with Crippen LogP contribution >= 0.6 is 35.3 Å². The van der Waals surface area contributed by atoms with Gasteiger partial charge in [0.2, 0.25) is 5.91 Å². The van der Waals surface area contributed by atoms with Gasteiger partial charge < -0.3 is 20.4 Å². The molecule has 2 atom stereocenters. The van der Waals surface area contributed by atoms with Gasteiger partial charge in [-0.25, -0.2) is 0 Å². The lowest BCUT2D eigenvalue weighted by atomic mass is 10.1. The Bertz CT molecular complexity index is 631. The minimum Gasteiger partial charge on any atom is -0.354 e. The highest BCUT2D eigenvalue weighted by molar-refractivity contribution is 14.0. The molecule has 6 nitrogen and oxygen atoms in total. The van der Waals surface area contributed by atoms with Crippen LogP contribution in [-0.4, -0.2) is 68.5 Å². The minimum absolute atomic E-state index is 0. The lowest BCUT2D eigenvalue weighted by Crippen LogP contribution is -2.47. The number of thiophene rings is 1. The van der Waals surface area contributed by atoms with Gasteiger partial charge in [0.1, 0.15) is 0 Å². The van der Waals surface area contributed by atoms with E-state index in [1.165, 1.54) is 17.7 Å². The van der Waals surface area contributed by atoms with Crippen LogP contribution in [0.1, 0.15) is 43.0 Å². The molecule has 1 saturated carbocycles. The number of aliphatic imine (C=N–C) groups is 1. The zero-order valence-electron chi connectivity index (χ0n) is 17.2. The Morgan fingerprint density at radius 2 is 2.11 bits per heavy atom. The molecule has 0 aromatic carbocycles. The quantitative estimate of drug-likeness (QED) is 0.345. The first-order valence-corrected chi connectivity index (χ1v) is 10.9. The molecule has 1 amide bonds. The van der Waals surface area contributed by atoms with Gasteiger partial charge in [0, 0.05) is 43.5 Å². The molecule has 2 unspecified atom stereocenters. The molecule has 0 bridgehead atoms. The Balaban J connectivity index is 0.00000280. The average molecular weight is 519 g/mol. The second-order valence-electron chi connectivity index (χ2n) is 7.84. The first kappa shape index (κ1) is 23.4. The Morgan fingerprint density at radius 1 is 1.36 bits per heavy atom. The van der Waals surface area contributed by atoms with Gasteiger partial charge in [-0.2, -0.15) is 0 Å². The van der Waals surface area contributed by atoms with Crippen LogP contribution in [0.3, 0.4) is 0 Å². The van der Waals surface area contributed by atoms with Crippen LogP contribution in [0.25, 0.3) is 0 Å². The lowest BCUT2D eigenvalue weighted by Gasteiger charge is -2.25. The van der Waals surface area contributed by atoms with Crippen molar-refractivity contribution in [1.82, 2.24) is 20.4 Å². The van der Waals surface area contributed by atoms with Crippen molar-refractivity contribution < 1.29 is 4.79 Å². The molecule has 1 aliphatic carbocycles. The van der Waals surface area contributed by atoms with Crippen molar-refractivity contribution in [3.8, 4) is 0 Å². The molecule has 2 N–H and O–H groups in total. The molecule has 3 rings (SSSR count). The van der Waals surface area contributed by atoms with Crippen molar-refractivity contribution in [2.75, 3.05) is 40.8 Å². The van der Waals surface area contributed by atoms with E-state index < -0.39 is 0 Å². The number of hydrogen-bond acceptors (Lipinski definition) is 4. The summed E-state index contributed by atoms with van der Waals surface area (Å²) in [4.78, 5) is 22.6. The zero-order valence-corrected chi connectivity index (χ0v) is 20.3. The third-order valence-electron chi connectivity index (χ3n) is 5.73. The van der Waals surface area contributed by atoms with Gasteiger partial charge in [0.05, 0.1) is 6.04 Å². The molecule has 1 aromatic rings. The van der Waals surface area contributed by atoms with Gasteiger partial charge in [-0.1, -0.05) is 18.9 Å². The van der Waals surface area contributed by atoms with Crippen molar-refractivity contribution >= 4 is 47.2 Å². The number of hydrogen-bond donors (Lipinski definition) is 2. The summed E-state index contributed by atoms with van der Waals surface area (Å²) >= 11 is 1.78. The summed E-state index contributed by atoms with van der Waals surface area (Å²) in [7, 11) is 6.01. The molecule has 28 heavy (non-hydrogen) atoms. The fraction of sp³-hybridized carbons (Fsp3) is 0.700. The van der Waals surface area contributed by atoms with E-state index in [4.69, 9.17) is 0 Å². The van der Waals surface area contributed by atoms with Crippen LogP contribution in [0.15, 0.2) is 22.5 Å². The molecule has 2 aliphatic rings. The third kappa shape index (κ3) is 6.06. The Hall–Kier alpha value is -0.870. The summed E-state index contributed by atoms with van der Waals surface area (Å²) in [5.74, 6) is 1.46. The van der Waals surface area contributed by atoms with Crippen LogP contribution in [0, 0.1) is 5.92 Å². The number of carbonyl (C=O) groups is 1. The molecule has 0 spiro atoms. The van der Waals surface area contributed by atoms with E-state index in [1.807, 2.05) is 7.05 Å². The highest BCUT2D eigenvalue weighted by Crippen LogP contribution is 2.28. The van der Waals surface area contributed by atoms with Crippen LogP contribution in [-0.2, 0) is 4.79 Å². The smallest absolute Gasteiger partial charge is 0.225 e. The lowest BCUT2D eigenvalue weighted by molar-refractivity contribution is -0.134. The molecule has 158 valence electrons. The zero-order chi connectivity index (χ0) is 19.2. The van der Waals surface area contributed by atoms with Gasteiger partial charge in [0.25, 0.3) is 0 Å². The number of likely N-dealkylation sites (N-methyl/N-ethyl adjacent to an activating group) is 1. The molecule has 1 aromatic heterocycles. The fourth-order valence-corrected chi connectivity index (χ4v) is 5.03. The molecule has 2 fully saturated rings. The SMILES string of the molecule is CN=C(NCC(c1cccs1)N(C)C)NC1CCN(C(=O)C2CCCC2)C1.I. The highest BCUT2D eigenvalue weighted by Gasteiger charge is 2.32. The maximum atomic E-state index is 12.6. The summed E-state index contributed by atoms with van der Waals surface area (Å²) in [6.07, 6.45) is 5.55. The van der Waals surface area contributed by atoms with Crippen molar-refractivity contribution in [1.29, 1.82) is 0 Å². The minimum atomic E-state index is 0. The maximum absolute atomic E-state index is 12.6.